The number of aliphatic hydroxyl groups excluding tert-OH is 11. The van der Waals surface area contributed by atoms with Crippen molar-refractivity contribution in [2.24, 2.45) is 5.92 Å². The second-order valence-electron chi connectivity index (χ2n) is 24.8. The molecule has 0 aromatic heterocycles. The summed E-state index contributed by atoms with van der Waals surface area (Å²) >= 11 is 0. The van der Waals surface area contributed by atoms with Gasteiger partial charge in [0, 0.05) is 44.0 Å². The Morgan fingerprint density at radius 2 is 1.18 bits per heavy atom. The van der Waals surface area contributed by atoms with E-state index in [1.54, 1.807) is 12.1 Å². The van der Waals surface area contributed by atoms with Crippen LogP contribution in [0.15, 0.2) is 97.1 Å². The fraction of sp³-hybridized carbons (Fsp3) is 0.515. The molecule has 8 amide bonds. The molecule has 31 nitrogen and oxygen atoms in total. The average Bonchev–Trinajstić information content (AvgIpc) is 1.69. The number of amides is 8. The minimum absolute atomic E-state index is 0.0554. The number of aliphatic hydroxyl groups is 11. The van der Waals surface area contributed by atoms with Gasteiger partial charge in [0.05, 0.1) is 37.6 Å². The van der Waals surface area contributed by atoms with Crippen molar-refractivity contribution in [3.05, 3.63) is 108 Å². The Bertz CT molecular complexity index is 3370. The summed E-state index contributed by atoms with van der Waals surface area (Å²) in [6, 6.07) is 13.7. The molecule has 97 heavy (non-hydrogen) atoms. The molecule has 20 atom stereocenters. The molecule has 0 radical (unpaired) electrons. The fourth-order valence-corrected chi connectivity index (χ4v) is 11.9. The molecule has 4 heterocycles. The third-order valence-corrected chi connectivity index (χ3v) is 17.6. The van der Waals surface area contributed by atoms with E-state index < -0.39 is 208 Å². The van der Waals surface area contributed by atoms with Gasteiger partial charge in [0.2, 0.25) is 35.4 Å². The Kier molecular flexibility index (Phi) is 25.6. The van der Waals surface area contributed by atoms with E-state index in [2.05, 4.69) is 38.8 Å². The van der Waals surface area contributed by atoms with E-state index in [1.165, 1.54) is 31.2 Å². The first-order chi connectivity index (χ1) is 46.1. The van der Waals surface area contributed by atoms with E-state index in [1.807, 2.05) is 48.5 Å². The van der Waals surface area contributed by atoms with E-state index in [0.717, 1.165) is 77.5 Å². The van der Waals surface area contributed by atoms with Gasteiger partial charge in [-0.3, -0.25) is 38.4 Å². The molecule has 0 saturated carbocycles. The summed E-state index contributed by atoms with van der Waals surface area (Å²) in [5.74, 6) is -10.4. The summed E-state index contributed by atoms with van der Waals surface area (Å²) in [6.07, 6.45) is -24.3. The summed E-state index contributed by atoms with van der Waals surface area (Å²) in [6.45, 7) is 3.88. The van der Waals surface area contributed by atoms with Crippen LogP contribution in [0.4, 0.5) is 0 Å². The summed E-state index contributed by atoms with van der Waals surface area (Å²) in [4.78, 5) is 118. The molecule has 4 unspecified atom stereocenters. The first-order valence-corrected chi connectivity index (χ1v) is 32.0. The van der Waals surface area contributed by atoms with Crippen molar-refractivity contribution in [1.29, 1.82) is 0 Å². The first kappa shape index (κ1) is 74.5. The van der Waals surface area contributed by atoms with Gasteiger partial charge in [0.25, 0.3) is 11.8 Å². The summed E-state index contributed by atoms with van der Waals surface area (Å²) < 4.78 is 16.8. The monoisotopic (exact) mass is 1360 g/mol. The first-order valence-electron chi connectivity index (χ1n) is 32.0. The Balaban J connectivity index is 1.13. The second kappa shape index (κ2) is 33.3. The molecule has 4 aromatic carbocycles. The molecule has 0 aliphatic carbocycles. The number of phenols is 1. The molecule has 4 fully saturated rings. The molecule has 4 saturated heterocycles. The Morgan fingerprint density at radius 3 is 1.76 bits per heavy atom. The van der Waals surface area contributed by atoms with Crippen molar-refractivity contribution in [1.82, 2.24) is 41.7 Å². The average molecular weight is 1360 g/mol. The largest absolute Gasteiger partial charge is 0.508 e. The highest BCUT2D eigenvalue weighted by Crippen LogP contribution is 2.31. The number of nitrogens with zero attached hydrogens (tertiary/aromatic N) is 2. The van der Waals surface area contributed by atoms with E-state index in [9.17, 15) is 99.6 Å². The number of carbonyl (C=O) groups is 8. The lowest BCUT2D eigenvalue weighted by atomic mass is 9.96. The molecular weight excluding hydrogens is 1270 g/mol. The molecule has 528 valence electrons. The number of carbonyl (C=O) groups excluding carboxylic acids is 8. The normalized spacial score (nSPS) is 29.8. The Hall–Kier alpha value is -8.28. The minimum Gasteiger partial charge on any atom is -0.508 e. The van der Waals surface area contributed by atoms with Crippen LogP contribution in [0, 0.1) is 5.92 Å². The highest BCUT2D eigenvalue weighted by Gasteiger charge is 2.51. The highest BCUT2D eigenvalue weighted by atomic mass is 16.6. The summed E-state index contributed by atoms with van der Waals surface area (Å²) in [7, 11) is 0. The lowest BCUT2D eigenvalue weighted by molar-refractivity contribution is -0.275. The van der Waals surface area contributed by atoms with Crippen molar-refractivity contribution < 1.29 is 114 Å². The number of hydrogen-bond donors (Lipinski definition) is 18. The zero-order valence-electron chi connectivity index (χ0n) is 53.6. The number of ether oxygens (including phenoxy) is 3. The molecule has 0 spiro atoms. The van der Waals surface area contributed by atoms with E-state index in [4.69, 9.17) is 14.2 Å². The van der Waals surface area contributed by atoms with Crippen LogP contribution in [0.1, 0.15) is 81.8 Å². The van der Waals surface area contributed by atoms with Crippen molar-refractivity contribution in [3.8, 4) is 33.8 Å². The highest BCUT2D eigenvalue weighted by molar-refractivity contribution is 6.00. The van der Waals surface area contributed by atoms with Gasteiger partial charge in [-0.05, 0) is 84.5 Å². The van der Waals surface area contributed by atoms with Crippen LogP contribution in [-0.4, -0.2) is 261 Å². The lowest BCUT2D eigenvalue weighted by Crippen LogP contribution is -2.64. The zero-order valence-corrected chi connectivity index (χ0v) is 53.6. The van der Waals surface area contributed by atoms with Gasteiger partial charge in [0.1, 0.15) is 84.4 Å². The SMILES string of the molecule is CCCCCOc1ccc(-c2ccc(-c3ccc(C(=O)NC4C[C@@H](O)C(OCCNC(=O)[C@H]5O[C@@H](O)[C@H](O)[C@@H](O)[C@H]5O)NC(=O)[C@@H]5[C@@H](O)[C@@H](C)CN5C(=O)[C@H](C(C)O)NC(=O)[C@H]([C@H](O)[C@H](O)c5ccc(O)cc5)NC(=O)[C@@H]5C[C@@H](O)CN5C(=O)[C@H](C(C)O)NC4=O)cc3)cc2)cc1. The van der Waals surface area contributed by atoms with Crippen LogP contribution in [-0.2, 0) is 43.0 Å². The Morgan fingerprint density at radius 1 is 0.619 bits per heavy atom. The predicted molar refractivity (Wildman–Crippen MR) is 339 cm³/mol. The van der Waals surface area contributed by atoms with E-state index in [0.29, 0.717) is 12.2 Å². The predicted octanol–water partition coefficient (Wildman–Crippen LogP) is -3.99. The number of rotatable bonds is 19. The number of unbranched alkanes of at least 4 members (excludes halogenated alkanes) is 2. The summed E-state index contributed by atoms with van der Waals surface area (Å²) in [5.41, 5.74) is 3.10. The topological polar surface area (TPSA) is 486 Å². The van der Waals surface area contributed by atoms with Gasteiger partial charge in [-0.2, -0.15) is 0 Å². The van der Waals surface area contributed by atoms with Gasteiger partial charge in [-0.15, -0.1) is 0 Å². The number of benzene rings is 4. The van der Waals surface area contributed by atoms with Gasteiger partial charge < -0.3 is 117 Å². The zero-order chi connectivity index (χ0) is 70.7. The van der Waals surface area contributed by atoms with Gasteiger partial charge >= 0.3 is 0 Å². The number of phenolic OH excluding ortho intramolecular Hbond substituents is 1. The van der Waals surface area contributed by atoms with Gasteiger partial charge in [-0.1, -0.05) is 87.4 Å². The molecule has 4 aliphatic heterocycles. The number of fused-ring (bicyclic) bond motifs is 2. The summed E-state index contributed by atoms with van der Waals surface area (Å²) in [5, 5.41) is 145. The fourth-order valence-electron chi connectivity index (χ4n) is 11.9. The maximum absolute atomic E-state index is 14.9. The van der Waals surface area contributed by atoms with Crippen LogP contribution < -0.4 is 36.6 Å². The van der Waals surface area contributed by atoms with Crippen molar-refractivity contribution in [3.63, 3.8) is 0 Å². The van der Waals surface area contributed by atoms with Crippen molar-refractivity contribution in [2.75, 3.05) is 32.8 Å². The third-order valence-electron chi connectivity index (χ3n) is 17.6. The van der Waals surface area contributed by atoms with Crippen LogP contribution in [0.25, 0.3) is 22.3 Å². The quantitative estimate of drug-likeness (QED) is 0.0398. The van der Waals surface area contributed by atoms with Crippen molar-refractivity contribution in [2.45, 2.75) is 176 Å². The van der Waals surface area contributed by atoms with E-state index in [-0.39, 0.29) is 16.9 Å². The van der Waals surface area contributed by atoms with Gasteiger partial charge in [-0.25, -0.2) is 0 Å². The smallest absolute Gasteiger partial charge is 0.252 e. The van der Waals surface area contributed by atoms with Crippen LogP contribution in [0.2, 0.25) is 0 Å². The van der Waals surface area contributed by atoms with Crippen molar-refractivity contribution >= 4 is 47.3 Å². The number of nitrogens with one attached hydrogen (secondary N) is 6. The number of hydrogen-bond acceptors (Lipinski definition) is 23. The molecule has 0 bridgehead atoms. The second-order valence-corrected chi connectivity index (χ2v) is 24.8. The molecular formula is C66H86N8O23. The Labute approximate surface area is 557 Å². The molecule has 8 rings (SSSR count). The van der Waals surface area contributed by atoms with Crippen LogP contribution >= 0.6 is 0 Å². The molecule has 4 aliphatic rings. The van der Waals surface area contributed by atoms with Gasteiger partial charge in [0.15, 0.2) is 18.6 Å². The standard InChI is InChI=1S/C66H86N8O23/c1-5-6-7-25-95-42-22-18-37(19-23-42)35-10-8-34(9-11-35)36-12-14-39(15-13-36)57(86)68-43-28-45(79)63(96-26-24-67-62(91)56-54(84)53(83)55(85)66(94)97-56)72-61(90)49-50(80)31(2)29-74(49)65(93)47(33(4)76)70-60(89)48(52(82)51(81)38-16-20-40(77)21-17-38)71-59(88)44-27-41(78)30-73(44)64(92)46(32(3)75)69-58(43)87/h8-23,31-33,41,43-56,63,66,75-85,94H,5-7,24-30H2,1-4H3,(H,67,91)(H,68,86)(H,69,87)(H,70,89)(H,71,88)(H,72,90)/t31-,32?,33?,41+,43?,44-,45+,46-,47-,48-,49-,50-,51+,52-,53-,54+,55+,56-,63?,66+/m0/s1. The van der Waals surface area contributed by atoms with Crippen LogP contribution in [0.3, 0.4) is 0 Å². The van der Waals surface area contributed by atoms with E-state index >= 15 is 0 Å². The maximum Gasteiger partial charge on any atom is 0.252 e. The molecule has 18 N–H and O–H groups in total. The maximum atomic E-state index is 14.9. The minimum atomic E-state index is -2.36. The third kappa shape index (κ3) is 18.1. The molecule has 31 heteroatoms. The molecule has 4 aromatic rings. The van der Waals surface area contributed by atoms with Crippen LogP contribution in [0.5, 0.6) is 11.5 Å². The number of aromatic hydroxyl groups is 1. The lowest BCUT2D eigenvalue weighted by Gasteiger charge is -2.37.